The predicted octanol–water partition coefficient (Wildman–Crippen LogP) is 5.60. The zero-order valence-electron chi connectivity index (χ0n) is 14.7. The van der Waals surface area contributed by atoms with E-state index in [0.717, 1.165) is 26.4 Å². The molecular weight excluding hydrogens is 299 g/mol. The highest BCUT2D eigenvalue weighted by Gasteiger charge is 2.04. The molecule has 0 aromatic rings. The lowest BCUT2D eigenvalue weighted by Gasteiger charge is -2.19. The molecular formula is C17H36O4P-. The van der Waals surface area contributed by atoms with Gasteiger partial charge < -0.3 is 13.9 Å². The quantitative estimate of drug-likeness (QED) is 0.256. The Morgan fingerprint density at radius 1 is 0.727 bits per heavy atom. The topological polar surface area (TPSA) is 58.6 Å². The van der Waals surface area contributed by atoms with E-state index >= 15 is 0 Å². The zero-order valence-corrected chi connectivity index (χ0v) is 15.6. The maximum absolute atomic E-state index is 10.9. The number of phosphoric acid groups is 1. The molecule has 0 aromatic carbocycles. The molecule has 0 fully saturated rings. The molecule has 1 unspecified atom stereocenters. The Hall–Kier alpha value is 0.110. The minimum absolute atomic E-state index is 0.243. The van der Waals surface area contributed by atoms with E-state index in [2.05, 4.69) is 16.0 Å². The highest BCUT2D eigenvalue weighted by Crippen LogP contribution is 2.36. The van der Waals surface area contributed by atoms with Gasteiger partial charge in [-0.2, -0.15) is 0 Å². The van der Waals surface area contributed by atoms with E-state index in [4.69, 9.17) is 0 Å². The maximum Gasteiger partial charge on any atom is 0.267 e. The lowest BCUT2D eigenvalue weighted by Crippen LogP contribution is -2.06. The van der Waals surface area contributed by atoms with Crippen molar-refractivity contribution in [3.05, 3.63) is 0 Å². The lowest BCUT2D eigenvalue weighted by atomic mass is 10.0. The van der Waals surface area contributed by atoms with E-state index in [9.17, 15) is 9.46 Å². The fourth-order valence-corrected chi connectivity index (χ4v) is 2.98. The van der Waals surface area contributed by atoms with Gasteiger partial charge in [0.1, 0.15) is 0 Å². The summed E-state index contributed by atoms with van der Waals surface area (Å²) in [5.74, 6) is 0. The van der Waals surface area contributed by atoms with Crippen molar-refractivity contribution in [2.45, 2.75) is 96.8 Å². The monoisotopic (exact) mass is 335 g/mol. The third-order valence-electron chi connectivity index (χ3n) is 3.97. The molecule has 0 spiro atoms. The Labute approximate surface area is 137 Å². The molecule has 0 aromatic heterocycles. The van der Waals surface area contributed by atoms with Crippen molar-refractivity contribution in [1.82, 2.24) is 0 Å². The highest BCUT2D eigenvalue weighted by molar-refractivity contribution is 7.45. The van der Waals surface area contributed by atoms with Crippen molar-refractivity contribution < 1.29 is 18.5 Å². The normalized spacial score (nSPS) is 14.1. The van der Waals surface area contributed by atoms with Crippen molar-refractivity contribution >= 4 is 7.82 Å². The summed E-state index contributed by atoms with van der Waals surface area (Å²) in [6.07, 6.45) is 18.0. The SMILES string of the molecule is CCCCCCCCCCCCCCCCOP(=O)([O-])OC. The summed E-state index contributed by atoms with van der Waals surface area (Å²) < 4.78 is 19.8. The van der Waals surface area contributed by atoms with Gasteiger partial charge in [0.15, 0.2) is 0 Å². The van der Waals surface area contributed by atoms with Crippen LogP contribution in [0.15, 0.2) is 0 Å². The fraction of sp³-hybridized carbons (Fsp3) is 1.00. The molecule has 5 heteroatoms. The van der Waals surface area contributed by atoms with Crippen LogP contribution in [0.4, 0.5) is 0 Å². The van der Waals surface area contributed by atoms with Crippen LogP contribution in [-0.4, -0.2) is 13.7 Å². The van der Waals surface area contributed by atoms with Crippen molar-refractivity contribution in [3.8, 4) is 0 Å². The molecule has 0 amide bonds. The van der Waals surface area contributed by atoms with Crippen molar-refractivity contribution in [2.24, 2.45) is 0 Å². The van der Waals surface area contributed by atoms with Crippen molar-refractivity contribution in [1.29, 1.82) is 0 Å². The lowest BCUT2D eigenvalue weighted by molar-refractivity contribution is -0.223. The zero-order chi connectivity index (χ0) is 16.5. The molecule has 0 aliphatic carbocycles. The van der Waals surface area contributed by atoms with Crippen LogP contribution in [-0.2, 0) is 13.6 Å². The first-order valence-electron chi connectivity index (χ1n) is 9.13. The summed E-state index contributed by atoms with van der Waals surface area (Å²) in [6.45, 7) is 2.50. The molecule has 0 radical (unpaired) electrons. The van der Waals surface area contributed by atoms with Crippen LogP contribution in [0.5, 0.6) is 0 Å². The molecule has 0 rings (SSSR count). The van der Waals surface area contributed by atoms with E-state index < -0.39 is 7.82 Å². The molecule has 0 heterocycles. The number of unbranched alkanes of at least 4 members (excludes halogenated alkanes) is 13. The summed E-state index contributed by atoms with van der Waals surface area (Å²) in [6, 6.07) is 0. The van der Waals surface area contributed by atoms with Crippen LogP contribution in [0.1, 0.15) is 96.8 Å². The predicted molar refractivity (Wildman–Crippen MR) is 90.9 cm³/mol. The largest absolute Gasteiger partial charge is 0.756 e. The van der Waals surface area contributed by atoms with E-state index in [1.54, 1.807) is 0 Å². The summed E-state index contributed by atoms with van der Waals surface area (Å²) in [5.41, 5.74) is 0. The maximum atomic E-state index is 10.9. The van der Waals surface area contributed by atoms with E-state index in [0.29, 0.717) is 0 Å². The molecule has 0 aliphatic heterocycles. The van der Waals surface area contributed by atoms with Gasteiger partial charge in [-0.3, -0.25) is 4.57 Å². The van der Waals surface area contributed by atoms with Gasteiger partial charge in [0.25, 0.3) is 7.82 Å². The van der Waals surface area contributed by atoms with Crippen LogP contribution in [0.3, 0.4) is 0 Å². The average molecular weight is 335 g/mol. The van der Waals surface area contributed by atoms with Crippen LogP contribution in [0.25, 0.3) is 0 Å². The second kappa shape index (κ2) is 16.0. The van der Waals surface area contributed by atoms with Crippen molar-refractivity contribution in [2.75, 3.05) is 13.7 Å². The standard InChI is InChI=1S/C17H37O4P/c1-3-4-5-6-7-8-9-10-11-12-13-14-15-16-17-21-22(18,19)20-2/h3-17H2,1-2H3,(H,18,19)/p-1. The van der Waals surface area contributed by atoms with Crippen LogP contribution >= 0.6 is 7.82 Å². The van der Waals surface area contributed by atoms with Crippen molar-refractivity contribution in [3.63, 3.8) is 0 Å². The Morgan fingerprint density at radius 2 is 1.09 bits per heavy atom. The molecule has 0 bridgehead atoms. The number of hydrogen-bond acceptors (Lipinski definition) is 4. The van der Waals surface area contributed by atoms with Gasteiger partial charge >= 0.3 is 0 Å². The summed E-state index contributed by atoms with van der Waals surface area (Å²) >= 11 is 0. The average Bonchev–Trinajstić information content (AvgIpc) is 2.51. The van der Waals surface area contributed by atoms with Gasteiger partial charge in [0.2, 0.25) is 0 Å². The van der Waals surface area contributed by atoms with Gasteiger partial charge in [-0.25, -0.2) is 0 Å². The minimum atomic E-state index is -4.01. The first kappa shape index (κ1) is 22.1. The molecule has 0 saturated heterocycles. The fourth-order valence-electron chi connectivity index (χ4n) is 2.53. The Bertz CT molecular complexity index is 271. The van der Waals surface area contributed by atoms with Crippen LogP contribution < -0.4 is 4.89 Å². The highest BCUT2D eigenvalue weighted by atomic mass is 31.2. The summed E-state index contributed by atoms with van der Waals surface area (Å²) in [4.78, 5) is 10.9. The first-order valence-corrected chi connectivity index (χ1v) is 10.6. The summed E-state index contributed by atoms with van der Waals surface area (Å²) in [7, 11) is -2.89. The molecule has 0 aliphatic rings. The number of hydrogen-bond donors (Lipinski definition) is 0. The third kappa shape index (κ3) is 16.5. The Kier molecular flexibility index (Phi) is 16.1. The minimum Gasteiger partial charge on any atom is -0.756 e. The Morgan fingerprint density at radius 3 is 1.45 bits per heavy atom. The van der Waals surface area contributed by atoms with Gasteiger partial charge in [0.05, 0.1) is 6.61 Å². The van der Waals surface area contributed by atoms with E-state index in [1.165, 1.54) is 70.6 Å². The molecule has 0 saturated carbocycles. The smallest absolute Gasteiger partial charge is 0.267 e. The van der Waals surface area contributed by atoms with Gasteiger partial charge in [-0.1, -0.05) is 90.4 Å². The third-order valence-corrected chi connectivity index (χ3v) is 4.92. The van der Waals surface area contributed by atoms with Gasteiger partial charge in [-0.05, 0) is 6.42 Å². The van der Waals surface area contributed by atoms with Crippen LogP contribution in [0.2, 0.25) is 0 Å². The van der Waals surface area contributed by atoms with E-state index in [1.807, 2.05) is 0 Å². The molecule has 1 atom stereocenters. The second-order valence-corrected chi connectivity index (χ2v) is 7.58. The van der Waals surface area contributed by atoms with E-state index in [-0.39, 0.29) is 6.61 Å². The number of phosphoric ester groups is 1. The Balaban J connectivity index is 3.07. The first-order chi connectivity index (χ1) is 10.6. The molecule has 134 valence electrons. The molecule has 22 heavy (non-hydrogen) atoms. The number of rotatable bonds is 17. The molecule has 4 nitrogen and oxygen atoms in total. The van der Waals surface area contributed by atoms with Crippen LogP contribution in [0, 0.1) is 0 Å². The summed E-state index contributed by atoms with van der Waals surface area (Å²) in [5, 5.41) is 0. The van der Waals surface area contributed by atoms with Gasteiger partial charge in [-0.15, -0.1) is 0 Å². The van der Waals surface area contributed by atoms with Gasteiger partial charge in [0, 0.05) is 7.11 Å². The second-order valence-electron chi connectivity index (χ2n) is 6.06. The molecule has 0 N–H and O–H groups in total.